The van der Waals surface area contributed by atoms with Gasteiger partial charge in [0.25, 0.3) is 0 Å². The molecule has 0 radical (unpaired) electrons. The lowest BCUT2D eigenvalue weighted by molar-refractivity contribution is -0.132. The van der Waals surface area contributed by atoms with E-state index in [1.165, 1.54) is 11.1 Å². The first-order valence-corrected chi connectivity index (χ1v) is 9.36. The van der Waals surface area contributed by atoms with Crippen molar-refractivity contribution < 1.29 is 14.3 Å². The molecule has 1 aromatic carbocycles. The van der Waals surface area contributed by atoms with Gasteiger partial charge in [-0.2, -0.15) is 0 Å². The van der Waals surface area contributed by atoms with Gasteiger partial charge in [-0.25, -0.2) is 4.79 Å². The second kappa shape index (κ2) is 8.92. The van der Waals surface area contributed by atoms with Gasteiger partial charge >= 0.3 is 6.09 Å². The molecule has 0 spiro atoms. The lowest BCUT2D eigenvalue weighted by atomic mass is 9.98. The Morgan fingerprint density at radius 3 is 2.69 bits per heavy atom. The number of anilines is 1. The van der Waals surface area contributed by atoms with Gasteiger partial charge in [-0.1, -0.05) is 12.5 Å². The van der Waals surface area contributed by atoms with Crippen molar-refractivity contribution in [2.45, 2.75) is 65.0 Å². The number of nitrogens with zero attached hydrogens (tertiary/aromatic N) is 1. The first-order chi connectivity index (χ1) is 12.2. The molecule has 0 atom stereocenters. The number of amides is 2. The summed E-state index contributed by atoms with van der Waals surface area (Å²) < 4.78 is 5.18. The normalized spacial score (nSPS) is 13.9. The zero-order chi connectivity index (χ0) is 19.2. The molecule has 6 heteroatoms. The number of alkyl carbamates (subject to hydrolysis) is 1. The van der Waals surface area contributed by atoms with E-state index in [2.05, 4.69) is 5.32 Å². The minimum Gasteiger partial charge on any atom is -0.444 e. The Hall–Kier alpha value is -2.24. The SMILES string of the molecule is CC(C)(C)OC(=O)NCCCCCC(=O)N1CCc2cc(N)ccc2C1. The Morgan fingerprint density at radius 2 is 1.96 bits per heavy atom. The standard InChI is InChI=1S/C20H31N3O3/c1-20(2,3)26-19(25)22-11-6-4-5-7-18(24)23-12-10-15-13-17(21)9-8-16(15)14-23/h8-9,13H,4-7,10-12,14,21H2,1-3H3,(H,22,25). The maximum atomic E-state index is 12.4. The third-order valence-corrected chi connectivity index (χ3v) is 4.33. The molecule has 144 valence electrons. The van der Waals surface area contributed by atoms with Gasteiger partial charge in [-0.15, -0.1) is 0 Å². The van der Waals surface area contributed by atoms with Gasteiger partial charge in [0.2, 0.25) is 5.91 Å². The Morgan fingerprint density at radius 1 is 1.19 bits per heavy atom. The van der Waals surface area contributed by atoms with Crippen molar-refractivity contribution in [1.29, 1.82) is 0 Å². The van der Waals surface area contributed by atoms with Crippen LogP contribution in [0.5, 0.6) is 0 Å². The lowest BCUT2D eigenvalue weighted by Crippen LogP contribution is -2.35. The molecule has 0 saturated heterocycles. The number of carbonyl (C=O) groups excluding carboxylic acids is 2. The number of nitrogen functional groups attached to an aromatic ring is 1. The highest BCUT2D eigenvalue weighted by Gasteiger charge is 2.20. The average Bonchev–Trinajstić information content (AvgIpc) is 2.55. The predicted molar refractivity (Wildman–Crippen MR) is 103 cm³/mol. The van der Waals surface area contributed by atoms with E-state index >= 15 is 0 Å². The molecular formula is C20H31N3O3. The average molecular weight is 361 g/mol. The second-order valence-corrected chi connectivity index (χ2v) is 7.83. The fraction of sp³-hybridized carbons (Fsp3) is 0.600. The number of unbranched alkanes of at least 4 members (excludes halogenated alkanes) is 2. The van der Waals surface area contributed by atoms with Crippen molar-refractivity contribution in [1.82, 2.24) is 10.2 Å². The molecule has 1 aromatic rings. The Labute approximate surface area is 156 Å². The van der Waals surface area contributed by atoms with Gasteiger partial charge < -0.3 is 20.7 Å². The molecule has 0 fully saturated rings. The van der Waals surface area contributed by atoms with Crippen molar-refractivity contribution in [3.63, 3.8) is 0 Å². The number of hydrogen-bond donors (Lipinski definition) is 2. The molecule has 26 heavy (non-hydrogen) atoms. The zero-order valence-electron chi connectivity index (χ0n) is 16.1. The van der Waals surface area contributed by atoms with Crippen LogP contribution in [0, 0.1) is 0 Å². The van der Waals surface area contributed by atoms with Gasteiger partial charge in [0.1, 0.15) is 5.60 Å². The number of nitrogens with two attached hydrogens (primary N) is 1. The Balaban J connectivity index is 1.61. The molecule has 0 aliphatic carbocycles. The summed E-state index contributed by atoms with van der Waals surface area (Å²) in [5.41, 5.74) is 8.57. The fourth-order valence-corrected chi connectivity index (χ4v) is 3.03. The van der Waals surface area contributed by atoms with E-state index in [4.69, 9.17) is 10.5 Å². The molecule has 2 amide bonds. The van der Waals surface area contributed by atoms with Crippen LogP contribution in [0.25, 0.3) is 0 Å². The van der Waals surface area contributed by atoms with Crippen LogP contribution in [0.1, 0.15) is 57.6 Å². The van der Waals surface area contributed by atoms with Gasteiger partial charge in [-0.3, -0.25) is 4.79 Å². The van der Waals surface area contributed by atoms with E-state index in [0.29, 0.717) is 19.5 Å². The molecule has 1 aliphatic heterocycles. The molecule has 1 aliphatic rings. The van der Waals surface area contributed by atoms with Crippen LogP contribution in [0.15, 0.2) is 18.2 Å². The fourth-order valence-electron chi connectivity index (χ4n) is 3.03. The van der Waals surface area contributed by atoms with E-state index in [1.807, 2.05) is 43.9 Å². The maximum absolute atomic E-state index is 12.4. The highest BCUT2D eigenvalue weighted by atomic mass is 16.6. The quantitative estimate of drug-likeness (QED) is 0.602. The number of carbonyl (C=O) groups is 2. The summed E-state index contributed by atoms with van der Waals surface area (Å²) >= 11 is 0. The van der Waals surface area contributed by atoms with E-state index in [0.717, 1.165) is 37.9 Å². The summed E-state index contributed by atoms with van der Waals surface area (Å²) in [6.07, 6.45) is 3.61. The summed E-state index contributed by atoms with van der Waals surface area (Å²) in [4.78, 5) is 25.8. The highest BCUT2D eigenvalue weighted by molar-refractivity contribution is 5.76. The number of fused-ring (bicyclic) bond motifs is 1. The summed E-state index contributed by atoms with van der Waals surface area (Å²) in [5, 5.41) is 2.74. The van der Waals surface area contributed by atoms with Crippen molar-refractivity contribution in [2.75, 3.05) is 18.8 Å². The molecule has 6 nitrogen and oxygen atoms in total. The molecule has 0 bridgehead atoms. The van der Waals surface area contributed by atoms with Crippen molar-refractivity contribution in [3.05, 3.63) is 29.3 Å². The Bertz CT molecular complexity index is 638. The smallest absolute Gasteiger partial charge is 0.407 e. The first kappa shape index (κ1) is 20.1. The Kier molecular flexibility index (Phi) is 6.89. The molecule has 2 rings (SSSR count). The molecule has 1 heterocycles. The number of ether oxygens (including phenoxy) is 1. The molecule has 0 saturated carbocycles. The van der Waals surface area contributed by atoms with Crippen LogP contribution in [-0.2, 0) is 22.5 Å². The van der Waals surface area contributed by atoms with Gasteiger partial charge in [-0.05, 0) is 63.3 Å². The van der Waals surface area contributed by atoms with Gasteiger partial charge in [0.05, 0.1) is 0 Å². The summed E-state index contributed by atoms with van der Waals surface area (Å²) in [6, 6.07) is 5.92. The molecule has 0 aromatic heterocycles. The minimum atomic E-state index is -0.477. The second-order valence-electron chi connectivity index (χ2n) is 7.83. The van der Waals surface area contributed by atoms with E-state index < -0.39 is 5.60 Å². The zero-order valence-corrected chi connectivity index (χ0v) is 16.1. The van der Waals surface area contributed by atoms with Crippen LogP contribution >= 0.6 is 0 Å². The van der Waals surface area contributed by atoms with Crippen molar-refractivity contribution in [3.8, 4) is 0 Å². The topological polar surface area (TPSA) is 84.7 Å². The summed E-state index contributed by atoms with van der Waals surface area (Å²) in [5.74, 6) is 0.201. The highest BCUT2D eigenvalue weighted by Crippen LogP contribution is 2.22. The third-order valence-electron chi connectivity index (χ3n) is 4.33. The van der Waals surface area contributed by atoms with E-state index in [9.17, 15) is 9.59 Å². The van der Waals surface area contributed by atoms with Gasteiger partial charge in [0.15, 0.2) is 0 Å². The van der Waals surface area contributed by atoms with Crippen LogP contribution in [-0.4, -0.2) is 35.6 Å². The van der Waals surface area contributed by atoms with Crippen LogP contribution in [0.3, 0.4) is 0 Å². The number of benzene rings is 1. The van der Waals surface area contributed by atoms with E-state index in [-0.39, 0.29) is 12.0 Å². The van der Waals surface area contributed by atoms with Crippen LogP contribution in [0.2, 0.25) is 0 Å². The molecule has 3 N–H and O–H groups in total. The largest absolute Gasteiger partial charge is 0.444 e. The van der Waals surface area contributed by atoms with Crippen LogP contribution in [0.4, 0.5) is 10.5 Å². The predicted octanol–water partition coefficient (Wildman–Crippen LogP) is 3.24. The summed E-state index contributed by atoms with van der Waals surface area (Å²) in [6.45, 7) is 7.52. The maximum Gasteiger partial charge on any atom is 0.407 e. The molecular weight excluding hydrogens is 330 g/mol. The summed E-state index contributed by atoms with van der Waals surface area (Å²) in [7, 11) is 0. The first-order valence-electron chi connectivity index (χ1n) is 9.36. The number of rotatable bonds is 6. The molecule has 0 unspecified atom stereocenters. The van der Waals surface area contributed by atoms with Crippen LogP contribution < -0.4 is 11.1 Å². The number of hydrogen-bond acceptors (Lipinski definition) is 4. The van der Waals surface area contributed by atoms with Gasteiger partial charge in [0, 0.05) is 31.7 Å². The third kappa shape index (κ3) is 6.58. The van der Waals surface area contributed by atoms with Crippen molar-refractivity contribution in [2.24, 2.45) is 0 Å². The van der Waals surface area contributed by atoms with Crippen molar-refractivity contribution >= 4 is 17.7 Å². The van der Waals surface area contributed by atoms with E-state index in [1.54, 1.807) is 0 Å². The number of nitrogens with one attached hydrogen (secondary N) is 1. The monoisotopic (exact) mass is 361 g/mol. The lowest BCUT2D eigenvalue weighted by Gasteiger charge is -2.29. The minimum absolute atomic E-state index is 0.201.